The van der Waals surface area contributed by atoms with Gasteiger partial charge in [-0.3, -0.25) is 5.32 Å². The molecule has 2 atom stereocenters. The average Bonchev–Trinajstić information content (AvgIpc) is 2.36. The average molecular weight is 267 g/mol. The number of nitriles is 1. The van der Waals surface area contributed by atoms with Crippen LogP contribution in [-0.4, -0.2) is 36.6 Å². The van der Waals surface area contributed by atoms with Gasteiger partial charge in [0.05, 0.1) is 6.07 Å². The van der Waals surface area contributed by atoms with Crippen molar-refractivity contribution in [3.63, 3.8) is 0 Å². The van der Waals surface area contributed by atoms with Crippen LogP contribution in [-0.2, 0) is 0 Å². The largest absolute Gasteiger partial charge is 0.304 e. The summed E-state index contributed by atoms with van der Waals surface area (Å²) in [6.07, 6.45) is 4.13. The normalized spacial score (nSPS) is 16.4. The molecule has 0 saturated carbocycles. The van der Waals surface area contributed by atoms with Crippen molar-refractivity contribution < 1.29 is 0 Å². The van der Waals surface area contributed by atoms with Gasteiger partial charge in [0.1, 0.15) is 5.54 Å². The van der Waals surface area contributed by atoms with Crippen molar-refractivity contribution in [2.45, 2.75) is 71.9 Å². The minimum absolute atomic E-state index is 0.323. The molecular weight excluding hydrogens is 234 g/mol. The van der Waals surface area contributed by atoms with E-state index in [0.29, 0.717) is 6.04 Å². The van der Waals surface area contributed by atoms with E-state index < -0.39 is 0 Å². The van der Waals surface area contributed by atoms with Crippen molar-refractivity contribution in [2.24, 2.45) is 5.92 Å². The van der Waals surface area contributed by atoms with Crippen LogP contribution in [0.2, 0.25) is 0 Å². The predicted octanol–water partition coefficient (Wildman–Crippen LogP) is 3.41. The van der Waals surface area contributed by atoms with Crippen LogP contribution < -0.4 is 5.32 Å². The van der Waals surface area contributed by atoms with Gasteiger partial charge in [-0.15, -0.1) is 0 Å². The van der Waals surface area contributed by atoms with Crippen molar-refractivity contribution in [2.75, 3.05) is 20.1 Å². The Labute approximate surface area is 120 Å². The summed E-state index contributed by atoms with van der Waals surface area (Å²) >= 11 is 0. The van der Waals surface area contributed by atoms with Crippen molar-refractivity contribution in [1.82, 2.24) is 10.2 Å². The van der Waals surface area contributed by atoms with E-state index in [1.165, 1.54) is 6.42 Å². The molecule has 112 valence electrons. The van der Waals surface area contributed by atoms with Crippen LogP contribution in [0, 0.1) is 17.2 Å². The summed E-state index contributed by atoms with van der Waals surface area (Å²) in [5.41, 5.74) is -0.323. The third kappa shape index (κ3) is 6.94. The van der Waals surface area contributed by atoms with E-state index >= 15 is 0 Å². The van der Waals surface area contributed by atoms with Gasteiger partial charge in [0, 0.05) is 6.04 Å². The zero-order valence-electron chi connectivity index (χ0n) is 13.8. The second-order valence-electron chi connectivity index (χ2n) is 6.14. The van der Waals surface area contributed by atoms with Crippen molar-refractivity contribution in [1.29, 1.82) is 5.26 Å². The monoisotopic (exact) mass is 267 g/mol. The first-order chi connectivity index (χ1) is 8.90. The maximum atomic E-state index is 9.37. The van der Waals surface area contributed by atoms with E-state index in [1.807, 2.05) is 0 Å². The summed E-state index contributed by atoms with van der Waals surface area (Å²) in [4.78, 5) is 2.42. The van der Waals surface area contributed by atoms with Crippen LogP contribution in [0.4, 0.5) is 0 Å². The summed E-state index contributed by atoms with van der Waals surface area (Å²) in [5.74, 6) is 0.744. The van der Waals surface area contributed by atoms with Gasteiger partial charge < -0.3 is 4.90 Å². The lowest BCUT2D eigenvalue weighted by Gasteiger charge is -2.29. The van der Waals surface area contributed by atoms with E-state index in [9.17, 15) is 5.26 Å². The standard InChI is InChI=1S/C16H33N3/c1-7-16(13-17,18-8-2)10-9-11-19(6)15(5)12-14(3)4/h14-15,18H,7-12H2,1-6H3. The molecule has 19 heavy (non-hydrogen) atoms. The zero-order chi connectivity index (χ0) is 14.9. The SMILES string of the molecule is CCNC(C#N)(CC)CCCN(C)C(C)CC(C)C. The van der Waals surface area contributed by atoms with Crippen molar-refractivity contribution in [3.8, 4) is 6.07 Å². The summed E-state index contributed by atoms with van der Waals surface area (Å²) < 4.78 is 0. The summed E-state index contributed by atoms with van der Waals surface area (Å²) in [6.45, 7) is 12.9. The molecule has 0 heterocycles. The number of nitrogens with one attached hydrogen (secondary N) is 1. The maximum absolute atomic E-state index is 9.37. The third-order valence-electron chi connectivity index (χ3n) is 4.01. The molecule has 0 spiro atoms. The van der Waals surface area contributed by atoms with Crippen LogP contribution in [0.3, 0.4) is 0 Å². The molecule has 0 fully saturated rings. The van der Waals surface area contributed by atoms with Gasteiger partial charge in [-0.2, -0.15) is 5.26 Å². The van der Waals surface area contributed by atoms with Gasteiger partial charge >= 0.3 is 0 Å². The second kappa shape index (κ2) is 9.34. The first-order valence-electron chi connectivity index (χ1n) is 7.77. The Balaban J connectivity index is 4.16. The molecule has 2 unspecified atom stereocenters. The van der Waals surface area contributed by atoms with E-state index in [4.69, 9.17) is 0 Å². The number of nitrogens with zero attached hydrogens (tertiary/aromatic N) is 2. The lowest BCUT2D eigenvalue weighted by molar-refractivity contribution is 0.216. The molecule has 0 aromatic rings. The lowest BCUT2D eigenvalue weighted by atomic mass is 9.91. The Morgan fingerprint density at radius 1 is 1.26 bits per heavy atom. The predicted molar refractivity (Wildman–Crippen MR) is 83.1 cm³/mol. The third-order valence-corrected chi connectivity index (χ3v) is 4.01. The summed E-state index contributed by atoms with van der Waals surface area (Å²) in [5, 5.41) is 12.7. The molecule has 0 radical (unpaired) electrons. The Morgan fingerprint density at radius 2 is 1.89 bits per heavy atom. The molecule has 0 rings (SSSR count). The van der Waals surface area contributed by atoms with E-state index in [-0.39, 0.29) is 5.54 Å². The quantitative estimate of drug-likeness (QED) is 0.659. The van der Waals surface area contributed by atoms with Crippen LogP contribution in [0.5, 0.6) is 0 Å². The molecule has 3 heteroatoms. The minimum atomic E-state index is -0.323. The molecule has 0 aromatic heterocycles. The Hall–Kier alpha value is -0.590. The van der Waals surface area contributed by atoms with Crippen molar-refractivity contribution >= 4 is 0 Å². The fourth-order valence-electron chi connectivity index (χ4n) is 2.62. The fourth-order valence-corrected chi connectivity index (χ4v) is 2.62. The van der Waals surface area contributed by atoms with Gasteiger partial charge in [0.25, 0.3) is 0 Å². The molecule has 0 aliphatic carbocycles. The van der Waals surface area contributed by atoms with Gasteiger partial charge in [0.15, 0.2) is 0 Å². The van der Waals surface area contributed by atoms with Crippen LogP contribution in [0.1, 0.15) is 60.3 Å². The highest BCUT2D eigenvalue weighted by molar-refractivity contribution is 5.06. The molecule has 0 amide bonds. The van der Waals surface area contributed by atoms with E-state index in [0.717, 1.165) is 38.3 Å². The van der Waals surface area contributed by atoms with Gasteiger partial charge in [-0.1, -0.05) is 27.7 Å². The Kier molecular flexibility index (Phi) is 9.05. The van der Waals surface area contributed by atoms with Crippen LogP contribution >= 0.6 is 0 Å². The van der Waals surface area contributed by atoms with Crippen LogP contribution in [0.25, 0.3) is 0 Å². The van der Waals surface area contributed by atoms with Crippen LogP contribution in [0.15, 0.2) is 0 Å². The zero-order valence-corrected chi connectivity index (χ0v) is 13.8. The van der Waals surface area contributed by atoms with Gasteiger partial charge in [-0.05, 0) is 58.7 Å². The number of rotatable bonds is 10. The summed E-state index contributed by atoms with van der Waals surface area (Å²) in [6, 6.07) is 3.09. The molecular formula is C16H33N3. The first-order valence-corrected chi connectivity index (χ1v) is 7.77. The molecule has 0 saturated heterocycles. The smallest absolute Gasteiger partial charge is 0.106 e. The molecule has 1 N–H and O–H groups in total. The van der Waals surface area contributed by atoms with E-state index in [1.54, 1.807) is 0 Å². The number of hydrogen-bond donors (Lipinski definition) is 1. The fraction of sp³-hybridized carbons (Fsp3) is 0.938. The highest BCUT2D eigenvalue weighted by Crippen LogP contribution is 2.18. The molecule has 3 nitrogen and oxygen atoms in total. The first kappa shape index (κ1) is 18.4. The molecule has 0 aromatic carbocycles. The highest BCUT2D eigenvalue weighted by atomic mass is 15.1. The van der Waals surface area contributed by atoms with E-state index in [2.05, 4.69) is 58.0 Å². The minimum Gasteiger partial charge on any atom is -0.304 e. The second-order valence-corrected chi connectivity index (χ2v) is 6.14. The lowest BCUT2D eigenvalue weighted by Crippen LogP contribution is -2.44. The number of hydrogen-bond acceptors (Lipinski definition) is 3. The molecule has 0 aliphatic rings. The van der Waals surface area contributed by atoms with Gasteiger partial charge in [0.2, 0.25) is 0 Å². The maximum Gasteiger partial charge on any atom is 0.106 e. The van der Waals surface area contributed by atoms with Crippen molar-refractivity contribution in [3.05, 3.63) is 0 Å². The molecule has 0 bridgehead atoms. The van der Waals surface area contributed by atoms with Gasteiger partial charge in [-0.25, -0.2) is 0 Å². The highest BCUT2D eigenvalue weighted by Gasteiger charge is 2.26. The molecule has 0 aliphatic heterocycles. The topological polar surface area (TPSA) is 39.1 Å². The Morgan fingerprint density at radius 3 is 2.32 bits per heavy atom. The summed E-state index contributed by atoms with van der Waals surface area (Å²) in [7, 11) is 2.19. The Bertz CT molecular complexity index is 270.